The summed E-state index contributed by atoms with van der Waals surface area (Å²) in [6.45, 7) is 0. The lowest BCUT2D eigenvalue weighted by molar-refractivity contribution is 0.436. The molecule has 0 atom stereocenters. The van der Waals surface area contributed by atoms with Gasteiger partial charge in [-0.05, 0) is 74.8 Å². The fourth-order valence-corrected chi connectivity index (χ4v) is 8.76. The van der Waals surface area contributed by atoms with Crippen LogP contribution >= 0.6 is 0 Å². The van der Waals surface area contributed by atoms with Gasteiger partial charge < -0.3 is 4.74 Å². The molecule has 56 heavy (non-hydrogen) atoms. The minimum absolute atomic E-state index is 0.615. The third-order valence-electron chi connectivity index (χ3n) is 11.1. The van der Waals surface area contributed by atoms with Crippen LogP contribution in [0.3, 0.4) is 0 Å². The molecule has 1 aliphatic carbocycles. The summed E-state index contributed by atoms with van der Waals surface area (Å²) in [6.07, 6.45) is 3.74. The smallest absolute Gasteiger partial charge is 0.164 e. The van der Waals surface area contributed by atoms with E-state index in [1.807, 2.05) is 73.1 Å². The van der Waals surface area contributed by atoms with Crippen molar-refractivity contribution in [2.24, 2.45) is 0 Å². The molecule has 2 aromatic heterocycles. The van der Waals surface area contributed by atoms with Crippen LogP contribution in [-0.4, -0.2) is 19.9 Å². The molecule has 0 bridgehead atoms. The molecule has 0 unspecified atom stereocenters. The van der Waals surface area contributed by atoms with E-state index in [1.165, 1.54) is 22.3 Å². The van der Waals surface area contributed by atoms with E-state index in [9.17, 15) is 0 Å². The second-order valence-corrected chi connectivity index (χ2v) is 14.2. The molecule has 0 N–H and O–H groups in total. The quantitative estimate of drug-likeness (QED) is 0.177. The maximum atomic E-state index is 6.64. The molecule has 0 saturated carbocycles. The molecule has 1 spiro atoms. The van der Waals surface area contributed by atoms with Crippen molar-refractivity contribution in [3.63, 3.8) is 0 Å². The predicted octanol–water partition coefficient (Wildman–Crippen LogP) is 12.1. The number of hydrogen-bond acceptors (Lipinski definition) is 5. The molecule has 7 aromatic carbocycles. The number of para-hydroxylation sites is 2. The number of pyridine rings is 1. The highest BCUT2D eigenvalue weighted by molar-refractivity contribution is 6.02. The Hall–Kier alpha value is -7.50. The number of rotatable bonds is 5. The molecule has 3 heterocycles. The Morgan fingerprint density at radius 1 is 0.339 bits per heavy atom. The molecule has 11 rings (SSSR count). The van der Waals surface area contributed by atoms with Crippen LogP contribution in [0.1, 0.15) is 22.3 Å². The van der Waals surface area contributed by atoms with Gasteiger partial charge in [-0.1, -0.05) is 152 Å². The van der Waals surface area contributed by atoms with Gasteiger partial charge >= 0.3 is 0 Å². The van der Waals surface area contributed by atoms with Crippen LogP contribution in [0.25, 0.3) is 67.5 Å². The average molecular weight is 717 g/mol. The van der Waals surface area contributed by atoms with Crippen molar-refractivity contribution in [2.75, 3.05) is 0 Å². The van der Waals surface area contributed by atoms with Crippen molar-refractivity contribution in [3.05, 3.63) is 217 Å². The van der Waals surface area contributed by atoms with Crippen LogP contribution in [0.4, 0.5) is 0 Å². The van der Waals surface area contributed by atoms with Gasteiger partial charge in [0.1, 0.15) is 11.5 Å². The lowest BCUT2D eigenvalue weighted by atomic mass is 9.66. The van der Waals surface area contributed by atoms with E-state index in [1.54, 1.807) is 0 Å². The van der Waals surface area contributed by atoms with Gasteiger partial charge in [-0.3, -0.25) is 4.98 Å². The first-order valence-electron chi connectivity index (χ1n) is 18.8. The highest BCUT2D eigenvalue weighted by atomic mass is 16.5. The first-order valence-corrected chi connectivity index (χ1v) is 18.8. The van der Waals surface area contributed by atoms with Crippen LogP contribution in [0.5, 0.6) is 11.5 Å². The molecule has 262 valence electrons. The highest BCUT2D eigenvalue weighted by Crippen LogP contribution is 2.64. The van der Waals surface area contributed by atoms with E-state index in [2.05, 4.69) is 126 Å². The minimum Gasteiger partial charge on any atom is -0.457 e. The molecule has 0 fully saturated rings. The SMILES string of the molecule is c1ccc(-c2nc(-c3ccccc3)nc(-c3cccc(-c4cccc5c4-c4c(-c6ccncc6)cccc4C54c5ccccc5Oc5ccccc54)c3)n2)cc1. The second-order valence-electron chi connectivity index (χ2n) is 14.2. The van der Waals surface area contributed by atoms with Crippen LogP contribution in [0.15, 0.2) is 194 Å². The predicted molar refractivity (Wildman–Crippen MR) is 222 cm³/mol. The van der Waals surface area contributed by atoms with Crippen molar-refractivity contribution >= 4 is 0 Å². The Bertz CT molecular complexity index is 2840. The lowest BCUT2D eigenvalue weighted by Gasteiger charge is -2.39. The summed E-state index contributed by atoms with van der Waals surface area (Å²) in [7, 11) is 0. The lowest BCUT2D eigenvalue weighted by Crippen LogP contribution is -2.32. The van der Waals surface area contributed by atoms with Crippen molar-refractivity contribution in [1.29, 1.82) is 0 Å². The van der Waals surface area contributed by atoms with E-state index in [-0.39, 0.29) is 0 Å². The zero-order valence-electron chi connectivity index (χ0n) is 30.2. The number of nitrogens with zero attached hydrogens (tertiary/aromatic N) is 4. The Balaban J connectivity index is 1.18. The maximum Gasteiger partial charge on any atom is 0.164 e. The van der Waals surface area contributed by atoms with Crippen molar-refractivity contribution in [2.45, 2.75) is 5.41 Å². The normalized spacial score (nSPS) is 12.9. The summed E-state index contributed by atoms with van der Waals surface area (Å²) < 4.78 is 6.64. The van der Waals surface area contributed by atoms with Gasteiger partial charge in [0, 0.05) is 40.2 Å². The Morgan fingerprint density at radius 3 is 1.34 bits per heavy atom. The number of benzene rings is 7. The standard InChI is InChI=1S/C51H32N4O/c1-3-14-34(15-4-1)48-53-49(35-16-5-2-6-17-35)55-50(54-48)37-19-11-18-36(32-37)39-21-13-25-43-47(39)46-38(33-28-30-52-31-29-33)20-12-24-42(46)51(43)40-22-7-9-26-44(40)56-45-27-10-8-23-41(45)51/h1-32H. The minimum atomic E-state index is -0.615. The Morgan fingerprint density at radius 2 is 0.768 bits per heavy atom. The Labute approximate surface area is 324 Å². The van der Waals surface area contributed by atoms with Crippen molar-refractivity contribution < 1.29 is 4.74 Å². The van der Waals surface area contributed by atoms with E-state index < -0.39 is 5.41 Å². The molecule has 2 aliphatic rings. The van der Waals surface area contributed by atoms with Gasteiger partial charge in [0.2, 0.25) is 0 Å². The molecule has 9 aromatic rings. The summed E-state index contributed by atoms with van der Waals surface area (Å²) in [6, 6.07) is 63.5. The van der Waals surface area contributed by atoms with Gasteiger partial charge in [-0.2, -0.15) is 0 Å². The third-order valence-corrected chi connectivity index (χ3v) is 11.1. The Kier molecular flexibility index (Phi) is 7.32. The number of ether oxygens (including phenoxy) is 1. The topological polar surface area (TPSA) is 60.8 Å². The molecule has 0 amide bonds. The molecule has 0 saturated heterocycles. The summed E-state index contributed by atoms with van der Waals surface area (Å²) in [5.41, 5.74) is 13.8. The number of aromatic nitrogens is 4. The van der Waals surface area contributed by atoms with Gasteiger partial charge in [0.25, 0.3) is 0 Å². The fraction of sp³-hybridized carbons (Fsp3) is 0.0196. The number of hydrogen-bond donors (Lipinski definition) is 0. The van der Waals surface area contributed by atoms with Crippen molar-refractivity contribution in [3.8, 4) is 79.0 Å². The summed E-state index contributed by atoms with van der Waals surface area (Å²) in [5.74, 6) is 3.62. The van der Waals surface area contributed by atoms with Gasteiger partial charge in [-0.15, -0.1) is 0 Å². The van der Waals surface area contributed by atoms with E-state index in [0.717, 1.165) is 61.6 Å². The fourth-order valence-electron chi connectivity index (χ4n) is 8.76. The second kappa shape index (κ2) is 12.8. The van der Waals surface area contributed by atoms with Crippen LogP contribution in [0, 0.1) is 0 Å². The first-order chi connectivity index (χ1) is 27.8. The van der Waals surface area contributed by atoms with Gasteiger partial charge in [0.15, 0.2) is 17.5 Å². The van der Waals surface area contributed by atoms with Gasteiger partial charge in [0.05, 0.1) is 5.41 Å². The molecule has 1 aliphatic heterocycles. The number of fused-ring (bicyclic) bond motifs is 9. The molecule has 5 nitrogen and oxygen atoms in total. The van der Waals surface area contributed by atoms with Gasteiger partial charge in [-0.25, -0.2) is 15.0 Å². The first kappa shape index (κ1) is 32.0. The summed E-state index contributed by atoms with van der Waals surface area (Å²) >= 11 is 0. The van der Waals surface area contributed by atoms with Crippen LogP contribution in [-0.2, 0) is 5.41 Å². The van der Waals surface area contributed by atoms with E-state index in [4.69, 9.17) is 19.7 Å². The average Bonchev–Trinajstić information content (AvgIpc) is 3.58. The zero-order valence-corrected chi connectivity index (χ0v) is 30.2. The van der Waals surface area contributed by atoms with Crippen LogP contribution < -0.4 is 4.74 Å². The summed E-state index contributed by atoms with van der Waals surface area (Å²) in [5, 5.41) is 0. The maximum absolute atomic E-state index is 6.64. The molecular formula is C51H32N4O. The van der Waals surface area contributed by atoms with E-state index in [0.29, 0.717) is 17.5 Å². The third kappa shape index (κ3) is 4.88. The largest absolute Gasteiger partial charge is 0.457 e. The molecule has 0 radical (unpaired) electrons. The zero-order chi connectivity index (χ0) is 37.1. The van der Waals surface area contributed by atoms with Crippen molar-refractivity contribution in [1.82, 2.24) is 19.9 Å². The van der Waals surface area contributed by atoms with E-state index >= 15 is 0 Å². The molecular weight excluding hydrogens is 685 g/mol. The summed E-state index contributed by atoms with van der Waals surface area (Å²) in [4.78, 5) is 19.5. The highest BCUT2D eigenvalue weighted by Gasteiger charge is 2.52. The molecule has 5 heteroatoms. The van der Waals surface area contributed by atoms with Crippen LogP contribution in [0.2, 0.25) is 0 Å². The monoisotopic (exact) mass is 716 g/mol.